The summed E-state index contributed by atoms with van der Waals surface area (Å²) in [5.41, 5.74) is 3.87. The molecule has 0 saturated heterocycles. The van der Waals surface area contributed by atoms with Crippen LogP contribution in [-0.4, -0.2) is 17.9 Å². The van der Waals surface area contributed by atoms with Crippen molar-refractivity contribution in [1.82, 2.24) is 4.98 Å². The van der Waals surface area contributed by atoms with E-state index in [0.717, 1.165) is 33.3 Å². The summed E-state index contributed by atoms with van der Waals surface area (Å²) in [6.07, 6.45) is 3.58. The molecule has 1 aromatic heterocycles. The lowest BCUT2D eigenvalue weighted by Gasteiger charge is -2.30. The number of hydrogen-bond acceptors (Lipinski definition) is 3. The van der Waals surface area contributed by atoms with Crippen molar-refractivity contribution in [2.45, 2.75) is 13.0 Å². The van der Waals surface area contributed by atoms with E-state index in [1.165, 1.54) is 0 Å². The molecule has 4 nitrogen and oxygen atoms in total. The first kappa shape index (κ1) is 24.2. The Morgan fingerprint density at radius 3 is 2.35 bits per heavy atom. The maximum Gasteiger partial charge on any atom is 0.251 e. The fraction of sp³-hybridized carbons (Fsp3) is 0.120. The van der Waals surface area contributed by atoms with Crippen LogP contribution in [0.5, 0.6) is 0 Å². The van der Waals surface area contributed by atoms with Gasteiger partial charge >= 0.3 is 0 Å². The van der Waals surface area contributed by atoms with Gasteiger partial charge in [0.25, 0.3) is 5.91 Å². The van der Waals surface area contributed by atoms with Crippen LogP contribution in [-0.2, 0) is 4.79 Å². The molecule has 1 atom stereocenters. The van der Waals surface area contributed by atoms with Gasteiger partial charge in [0.15, 0.2) is 0 Å². The van der Waals surface area contributed by atoms with Crippen molar-refractivity contribution in [3.05, 3.63) is 102 Å². The Kier molecular flexibility index (Phi) is 8.43. The van der Waals surface area contributed by atoms with Crippen LogP contribution in [0.2, 0.25) is 0 Å². The summed E-state index contributed by atoms with van der Waals surface area (Å²) in [4.78, 5) is 19.6. The van der Waals surface area contributed by atoms with Gasteiger partial charge in [-0.25, -0.2) is 0 Å². The van der Waals surface area contributed by atoms with Gasteiger partial charge in [-0.15, -0.1) is 24.8 Å². The number of pyridine rings is 1. The lowest BCUT2D eigenvalue weighted by molar-refractivity contribution is -0.117. The number of fused-ring (bicyclic) bond motifs is 1. The summed E-state index contributed by atoms with van der Waals surface area (Å²) >= 11 is 0. The van der Waals surface area contributed by atoms with E-state index in [1.807, 2.05) is 90.9 Å². The summed E-state index contributed by atoms with van der Waals surface area (Å²) in [5, 5.41) is 5.19. The molecule has 31 heavy (non-hydrogen) atoms. The average Bonchev–Trinajstić information content (AvgIpc) is 2.75. The molecule has 0 aliphatic carbocycles. The normalized spacial score (nSPS) is 11.0. The van der Waals surface area contributed by atoms with Crippen molar-refractivity contribution >= 4 is 52.9 Å². The average molecular weight is 454 g/mol. The van der Waals surface area contributed by atoms with Crippen LogP contribution in [0.25, 0.3) is 10.8 Å². The Bertz CT molecular complexity index is 1150. The molecular formula is C25H25Cl2N3O. The number of amides is 1. The number of nitrogens with zero attached hydrogens (tertiary/aromatic N) is 2. The number of para-hydroxylation sites is 1. The fourth-order valence-corrected chi connectivity index (χ4v) is 3.66. The summed E-state index contributed by atoms with van der Waals surface area (Å²) in [6.45, 7) is 2.06. The molecule has 0 fully saturated rings. The van der Waals surface area contributed by atoms with Crippen LogP contribution in [0, 0.1) is 6.92 Å². The highest BCUT2D eigenvalue weighted by Gasteiger charge is 2.26. The predicted molar refractivity (Wildman–Crippen MR) is 134 cm³/mol. The van der Waals surface area contributed by atoms with Crippen LogP contribution in [0.15, 0.2) is 91.3 Å². The van der Waals surface area contributed by atoms with Crippen LogP contribution in [0.4, 0.5) is 11.4 Å². The van der Waals surface area contributed by atoms with Gasteiger partial charge in [0.2, 0.25) is 0 Å². The molecule has 1 N–H and O–H groups in total. The SMILES string of the molecule is Cc1ccccc1N(C)[C@@H](C(=O)Nc1ccc2cnccc2c1)c1ccccc1.Cl.Cl. The van der Waals surface area contributed by atoms with Crippen molar-refractivity contribution < 1.29 is 4.79 Å². The first-order valence-corrected chi connectivity index (χ1v) is 9.61. The van der Waals surface area contributed by atoms with Gasteiger partial charge in [-0.1, -0.05) is 54.6 Å². The van der Waals surface area contributed by atoms with Gasteiger partial charge in [0, 0.05) is 36.2 Å². The van der Waals surface area contributed by atoms with E-state index in [0.29, 0.717) is 0 Å². The minimum absolute atomic E-state index is 0. The quantitative estimate of drug-likeness (QED) is 0.390. The second-order valence-corrected chi connectivity index (χ2v) is 7.14. The van der Waals surface area contributed by atoms with Gasteiger partial charge in [0.1, 0.15) is 6.04 Å². The highest BCUT2D eigenvalue weighted by atomic mass is 35.5. The molecule has 0 spiro atoms. The third kappa shape index (κ3) is 5.35. The maximum atomic E-state index is 13.4. The van der Waals surface area contributed by atoms with E-state index in [4.69, 9.17) is 0 Å². The van der Waals surface area contributed by atoms with E-state index in [2.05, 4.69) is 23.3 Å². The number of halogens is 2. The van der Waals surface area contributed by atoms with E-state index in [1.54, 1.807) is 6.20 Å². The molecule has 0 aliphatic rings. The van der Waals surface area contributed by atoms with Crippen LogP contribution < -0.4 is 10.2 Å². The van der Waals surface area contributed by atoms with Crippen LogP contribution in [0.1, 0.15) is 17.2 Å². The molecule has 0 aliphatic heterocycles. The van der Waals surface area contributed by atoms with Gasteiger partial charge in [-0.2, -0.15) is 0 Å². The molecule has 4 rings (SSSR count). The number of benzene rings is 3. The zero-order valence-corrected chi connectivity index (χ0v) is 19.0. The minimum atomic E-state index is -0.453. The number of carbonyl (C=O) groups is 1. The van der Waals surface area contributed by atoms with Gasteiger partial charge in [-0.05, 0) is 47.7 Å². The largest absolute Gasteiger partial charge is 0.359 e. The van der Waals surface area contributed by atoms with E-state index in [-0.39, 0.29) is 30.7 Å². The molecule has 0 bridgehead atoms. The Morgan fingerprint density at radius 2 is 1.61 bits per heavy atom. The predicted octanol–water partition coefficient (Wildman–Crippen LogP) is 6.20. The molecule has 6 heteroatoms. The molecule has 1 amide bonds. The second-order valence-electron chi connectivity index (χ2n) is 7.14. The van der Waals surface area contributed by atoms with Crippen molar-refractivity contribution in [2.24, 2.45) is 0 Å². The molecule has 0 saturated carbocycles. The Morgan fingerprint density at radius 1 is 0.903 bits per heavy atom. The topological polar surface area (TPSA) is 45.2 Å². The summed E-state index contributed by atoms with van der Waals surface area (Å²) in [7, 11) is 1.96. The molecule has 4 aromatic rings. The number of rotatable bonds is 5. The number of hydrogen-bond donors (Lipinski definition) is 1. The van der Waals surface area contributed by atoms with Gasteiger partial charge in [-0.3, -0.25) is 9.78 Å². The number of aromatic nitrogens is 1. The Labute approximate surface area is 195 Å². The molecule has 0 unspecified atom stereocenters. The molecule has 160 valence electrons. The molecule has 3 aromatic carbocycles. The van der Waals surface area contributed by atoms with Gasteiger partial charge < -0.3 is 10.2 Å². The monoisotopic (exact) mass is 453 g/mol. The number of likely N-dealkylation sites (N-methyl/N-ethyl adjacent to an activating group) is 1. The van der Waals surface area contributed by atoms with Crippen LogP contribution in [0.3, 0.4) is 0 Å². The van der Waals surface area contributed by atoms with Crippen molar-refractivity contribution in [3.63, 3.8) is 0 Å². The summed E-state index contributed by atoms with van der Waals surface area (Å²) < 4.78 is 0. The summed E-state index contributed by atoms with van der Waals surface area (Å²) in [6, 6.07) is 25.3. The smallest absolute Gasteiger partial charge is 0.251 e. The van der Waals surface area contributed by atoms with Crippen molar-refractivity contribution in [1.29, 1.82) is 0 Å². The molecule has 1 heterocycles. The fourth-order valence-electron chi connectivity index (χ4n) is 3.66. The zero-order valence-electron chi connectivity index (χ0n) is 17.4. The Hall–Kier alpha value is -3.08. The van der Waals surface area contributed by atoms with Gasteiger partial charge in [0.05, 0.1) is 0 Å². The van der Waals surface area contributed by atoms with E-state index < -0.39 is 6.04 Å². The number of nitrogens with one attached hydrogen (secondary N) is 1. The van der Waals surface area contributed by atoms with Crippen molar-refractivity contribution in [3.8, 4) is 0 Å². The lowest BCUT2D eigenvalue weighted by atomic mass is 10.0. The van der Waals surface area contributed by atoms with Crippen molar-refractivity contribution in [2.75, 3.05) is 17.3 Å². The lowest BCUT2D eigenvalue weighted by Crippen LogP contribution is -2.35. The standard InChI is InChI=1S/C25H23N3O.2ClH/c1-18-8-6-7-11-23(18)28(2)24(19-9-4-3-5-10-19)25(29)27-22-13-12-21-17-26-15-14-20(21)16-22;;/h3-17,24H,1-2H3,(H,27,29);2*1H/t24-;;/m1../s1. The highest BCUT2D eigenvalue weighted by molar-refractivity contribution is 5.99. The Balaban J connectivity index is 0.00000171. The number of aryl methyl sites for hydroxylation is 1. The third-order valence-electron chi connectivity index (χ3n) is 5.15. The van der Waals surface area contributed by atoms with E-state index in [9.17, 15) is 4.79 Å². The van der Waals surface area contributed by atoms with Crippen LogP contribution >= 0.6 is 24.8 Å². The molecular weight excluding hydrogens is 429 g/mol. The molecule has 0 radical (unpaired) electrons. The maximum absolute atomic E-state index is 13.4. The first-order chi connectivity index (χ1) is 14.1. The minimum Gasteiger partial charge on any atom is -0.359 e. The second kappa shape index (κ2) is 10.8. The summed E-state index contributed by atoms with van der Waals surface area (Å²) in [5.74, 6) is -0.0737. The highest BCUT2D eigenvalue weighted by Crippen LogP contribution is 2.29. The third-order valence-corrected chi connectivity index (χ3v) is 5.15. The number of anilines is 2. The zero-order chi connectivity index (χ0) is 20.2. The first-order valence-electron chi connectivity index (χ1n) is 9.61. The number of carbonyl (C=O) groups excluding carboxylic acids is 1. The van der Waals surface area contributed by atoms with E-state index >= 15 is 0 Å².